The monoisotopic (exact) mass is 483 g/mol. The molecule has 0 spiro atoms. The fourth-order valence-corrected chi connectivity index (χ4v) is 5.55. The first-order chi connectivity index (χ1) is 16.1. The number of benzene rings is 1. The lowest BCUT2D eigenvalue weighted by Crippen LogP contribution is -2.40. The van der Waals surface area contributed by atoms with Gasteiger partial charge < -0.3 is 14.5 Å². The van der Waals surface area contributed by atoms with Crippen molar-refractivity contribution in [2.75, 3.05) is 26.2 Å². The van der Waals surface area contributed by atoms with Crippen LogP contribution in [0, 0.1) is 0 Å². The molecule has 1 amide bonds. The molecule has 0 N–H and O–H groups in total. The third kappa shape index (κ3) is 6.65. The summed E-state index contributed by atoms with van der Waals surface area (Å²) in [6.07, 6.45) is 3.84. The van der Waals surface area contributed by atoms with E-state index in [1.807, 2.05) is 40.6 Å². The minimum Gasteiger partial charge on any atom is -0.486 e. The van der Waals surface area contributed by atoms with Crippen LogP contribution >= 0.6 is 22.7 Å². The minimum atomic E-state index is 0.0960. The number of piperidine rings is 1. The van der Waals surface area contributed by atoms with E-state index in [0.29, 0.717) is 19.1 Å². The first kappa shape index (κ1) is 23.9. The van der Waals surface area contributed by atoms with E-state index in [0.717, 1.165) is 47.5 Å². The van der Waals surface area contributed by atoms with E-state index in [4.69, 9.17) is 9.72 Å². The summed E-state index contributed by atoms with van der Waals surface area (Å²) in [5.74, 6) is 1.42. The van der Waals surface area contributed by atoms with E-state index in [1.54, 1.807) is 11.3 Å². The summed E-state index contributed by atoms with van der Waals surface area (Å²) >= 11 is 3.10. The molecule has 1 aromatic carbocycles. The highest BCUT2D eigenvalue weighted by Crippen LogP contribution is 2.27. The van der Waals surface area contributed by atoms with Crippen molar-refractivity contribution < 1.29 is 9.53 Å². The van der Waals surface area contributed by atoms with Crippen molar-refractivity contribution in [1.29, 1.82) is 0 Å². The molecular weight excluding hydrogens is 450 g/mol. The Hall–Kier alpha value is -2.22. The number of thiophene rings is 1. The van der Waals surface area contributed by atoms with Gasteiger partial charge in [0, 0.05) is 18.5 Å². The number of aromatic nitrogens is 1. The fraction of sp³-hybridized carbons (Fsp3) is 0.462. The number of ether oxygens (including phenoxy) is 1. The Balaban J connectivity index is 1.39. The van der Waals surface area contributed by atoms with Gasteiger partial charge in [0.15, 0.2) is 0 Å². The van der Waals surface area contributed by atoms with Crippen LogP contribution in [0.3, 0.4) is 0 Å². The molecule has 0 aliphatic carbocycles. The number of nitrogens with zero attached hydrogens (tertiary/aromatic N) is 3. The second kappa shape index (κ2) is 11.8. The molecule has 176 valence electrons. The van der Waals surface area contributed by atoms with Crippen molar-refractivity contribution in [3.63, 3.8) is 0 Å². The molecule has 1 aliphatic heterocycles. The van der Waals surface area contributed by atoms with E-state index in [-0.39, 0.29) is 5.91 Å². The first-order valence-electron chi connectivity index (χ1n) is 11.8. The number of likely N-dealkylation sites (tertiary alicyclic amines) is 1. The zero-order valence-corrected chi connectivity index (χ0v) is 21.2. The second-order valence-corrected chi connectivity index (χ2v) is 10.7. The van der Waals surface area contributed by atoms with Gasteiger partial charge in [-0.15, -0.1) is 22.7 Å². The predicted octanol–water partition coefficient (Wildman–Crippen LogP) is 6.04. The standard InChI is InChI=1S/C26H33N3O2S2/c1-20(2)22-9-4-5-10-23(22)31-18-25-27-21(19-33-25)17-29(26(30)24-11-8-16-32-24)15-14-28-12-6-3-7-13-28/h4-5,8-11,16,19-20H,3,6-7,12-15,17-18H2,1-2H3. The average molecular weight is 484 g/mol. The van der Waals surface area contributed by atoms with Gasteiger partial charge in [-0.25, -0.2) is 4.98 Å². The number of carbonyl (C=O) groups excluding carboxylic acids is 1. The van der Waals surface area contributed by atoms with Crippen LogP contribution in [0.2, 0.25) is 0 Å². The van der Waals surface area contributed by atoms with E-state index >= 15 is 0 Å². The van der Waals surface area contributed by atoms with E-state index in [1.165, 1.54) is 36.2 Å². The molecule has 0 radical (unpaired) electrons. The average Bonchev–Trinajstić information content (AvgIpc) is 3.53. The molecule has 3 heterocycles. The molecule has 33 heavy (non-hydrogen) atoms. The molecule has 3 aromatic rings. The van der Waals surface area contributed by atoms with Gasteiger partial charge in [0.1, 0.15) is 17.4 Å². The second-order valence-electron chi connectivity index (χ2n) is 8.82. The number of thiazole rings is 1. The number of rotatable bonds is 10. The van der Waals surface area contributed by atoms with Crippen LogP contribution in [-0.4, -0.2) is 46.9 Å². The summed E-state index contributed by atoms with van der Waals surface area (Å²) in [4.78, 5) is 23.2. The number of para-hydroxylation sites is 1. The largest absolute Gasteiger partial charge is 0.486 e. The molecule has 1 fully saturated rings. The summed E-state index contributed by atoms with van der Waals surface area (Å²) in [5, 5.41) is 4.95. The number of hydrogen-bond acceptors (Lipinski definition) is 6. The lowest BCUT2D eigenvalue weighted by molar-refractivity contribution is 0.0718. The minimum absolute atomic E-state index is 0.0960. The summed E-state index contributed by atoms with van der Waals surface area (Å²) in [6, 6.07) is 12.0. The molecule has 1 aliphatic rings. The maximum atomic E-state index is 13.2. The van der Waals surface area contributed by atoms with Gasteiger partial charge >= 0.3 is 0 Å². The first-order valence-corrected chi connectivity index (χ1v) is 13.6. The SMILES string of the molecule is CC(C)c1ccccc1OCc1nc(CN(CCN2CCCCC2)C(=O)c2cccs2)cs1. The van der Waals surface area contributed by atoms with Gasteiger partial charge in [-0.3, -0.25) is 4.79 Å². The normalized spacial score (nSPS) is 14.5. The zero-order chi connectivity index (χ0) is 23.0. The maximum absolute atomic E-state index is 13.2. The molecule has 4 rings (SSSR count). The van der Waals surface area contributed by atoms with Crippen LogP contribution in [0.5, 0.6) is 5.75 Å². The number of carbonyl (C=O) groups is 1. The Kier molecular flexibility index (Phi) is 8.53. The quantitative estimate of drug-likeness (QED) is 0.353. The summed E-state index contributed by atoms with van der Waals surface area (Å²) in [5.41, 5.74) is 2.14. The van der Waals surface area contributed by atoms with Crippen LogP contribution in [-0.2, 0) is 13.2 Å². The highest BCUT2D eigenvalue weighted by atomic mass is 32.1. The molecule has 1 saturated heterocycles. The van der Waals surface area contributed by atoms with Crippen LogP contribution in [0.4, 0.5) is 0 Å². The fourth-order valence-electron chi connectivity index (χ4n) is 4.17. The highest BCUT2D eigenvalue weighted by molar-refractivity contribution is 7.12. The summed E-state index contributed by atoms with van der Waals surface area (Å²) in [6.45, 7) is 9.24. The Labute approximate surface area is 205 Å². The Bertz CT molecular complexity index is 1010. The van der Waals surface area contributed by atoms with E-state index < -0.39 is 0 Å². The molecule has 0 atom stereocenters. The Morgan fingerprint density at radius 2 is 1.94 bits per heavy atom. The van der Waals surface area contributed by atoms with Gasteiger partial charge in [0.05, 0.1) is 17.1 Å². The number of hydrogen-bond donors (Lipinski definition) is 0. The molecular formula is C26H33N3O2S2. The highest BCUT2D eigenvalue weighted by Gasteiger charge is 2.20. The van der Waals surface area contributed by atoms with Gasteiger partial charge in [0.2, 0.25) is 0 Å². The lowest BCUT2D eigenvalue weighted by atomic mass is 10.0. The maximum Gasteiger partial charge on any atom is 0.264 e. The van der Waals surface area contributed by atoms with Crippen LogP contribution in [0.1, 0.15) is 65.0 Å². The number of amides is 1. The lowest BCUT2D eigenvalue weighted by Gasteiger charge is -2.29. The van der Waals surface area contributed by atoms with Gasteiger partial charge in [-0.1, -0.05) is 44.5 Å². The van der Waals surface area contributed by atoms with Crippen LogP contribution < -0.4 is 4.74 Å². The third-order valence-electron chi connectivity index (χ3n) is 6.00. The van der Waals surface area contributed by atoms with Crippen LogP contribution in [0.25, 0.3) is 0 Å². The van der Waals surface area contributed by atoms with Crippen molar-refractivity contribution in [2.45, 2.75) is 52.2 Å². The summed E-state index contributed by atoms with van der Waals surface area (Å²) < 4.78 is 6.10. The summed E-state index contributed by atoms with van der Waals surface area (Å²) in [7, 11) is 0. The smallest absolute Gasteiger partial charge is 0.264 e. The molecule has 5 nitrogen and oxygen atoms in total. The molecule has 0 saturated carbocycles. The van der Waals surface area contributed by atoms with Crippen molar-refractivity contribution in [1.82, 2.24) is 14.8 Å². The van der Waals surface area contributed by atoms with Crippen LogP contribution in [0.15, 0.2) is 47.2 Å². The topological polar surface area (TPSA) is 45.7 Å². The molecule has 0 bridgehead atoms. The third-order valence-corrected chi connectivity index (χ3v) is 7.73. The molecule has 7 heteroatoms. The van der Waals surface area contributed by atoms with Gasteiger partial charge in [0.25, 0.3) is 5.91 Å². The molecule has 2 aromatic heterocycles. The predicted molar refractivity (Wildman–Crippen MR) is 136 cm³/mol. The van der Waals surface area contributed by atoms with Crippen molar-refractivity contribution in [2.24, 2.45) is 0 Å². The molecule has 0 unspecified atom stereocenters. The van der Waals surface area contributed by atoms with Crippen molar-refractivity contribution in [3.05, 3.63) is 68.3 Å². The van der Waals surface area contributed by atoms with Crippen molar-refractivity contribution in [3.8, 4) is 5.75 Å². The zero-order valence-electron chi connectivity index (χ0n) is 19.5. The Morgan fingerprint density at radius 1 is 1.12 bits per heavy atom. The van der Waals surface area contributed by atoms with Crippen molar-refractivity contribution >= 4 is 28.6 Å². The van der Waals surface area contributed by atoms with Gasteiger partial charge in [-0.05, 0) is 54.9 Å². The van der Waals surface area contributed by atoms with E-state index in [9.17, 15) is 4.79 Å². The van der Waals surface area contributed by atoms with Gasteiger partial charge in [-0.2, -0.15) is 0 Å². The van der Waals surface area contributed by atoms with E-state index in [2.05, 4.69) is 30.2 Å². The Morgan fingerprint density at radius 3 is 2.70 bits per heavy atom.